The minimum atomic E-state index is -4.61. The summed E-state index contributed by atoms with van der Waals surface area (Å²) in [4.78, 5) is 0. The van der Waals surface area contributed by atoms with Gasteiger partial charge in [-0.05, 0) is 12.3 Å². The van der Waals surface area contributed by atoms with Gasteiger partial charge >= 0.3 is 29.6 Å². The van der Waals surface area contributed by atoms with Gasteiger partial charge < -0.3 is 14.0 Å². The molecule has 6 nitrogen and oxygen atoms in total. The van der Waals surface area contributed by atoms with Crippen LogP contribution in [0.3, 0.4) is 0 Å². The summed E-state index contributed by atoms with van der Waals surface area (Å²) in [5.41, 5.74) is 0. The Bertz CT molecular complexity index is 296. The first-order valence-corrected chi connectivity index (χ1v) is 8.08. The van der Waals surface area contributed by atoms with Gasteiger partial charge in [0.15, 0.2) is 0 Å². The van der Waals surface area contributed by atoms with Crippen LogP contribution in [0.5, 0.6) is 0 Å². The van der Waals surface area contributed by atoms with E-state index in [9.17, 15) is 13.0 Å². The zero-order chi connectivity index (χ0) is 14.6. The number of hydrogen-bond acceptors (Lipinski definition) is 6. The Balaban J connectivity index is 0. The molecule has 0 aromatic heterocycles. The normalized spacial score (nSPS) is 12.9. The van der Waals surface area contributed by atoms with Gasteiger partial charge in [-0.1, -0.05) is 33.1 Å². The average Bonchev–Trinajstić information content (AvgIpc) is 2.35. The smallest absolute Gasteiger partial charge is 0.726 e. The van der Waals surface area contributed by atoms with E-state index in [1.807, 2.05) is 0 Å². The van der Waals surface area contributed by atoms with Crippen molar-refractivity contribution >= 4 is 10.4 Å². The SMILES string of the molecule is CCCCC(CC)COCCOCCOS(=O)(=O)[O-].[Na+]. The fourth-order valence-corrected chi connectivity index (χ4v) is 1.84. The van der Waals surface area contributed by atoms with E-state index in [-0.39, 0.29) is 42.8 Å². The molecular formula is C12H25NaO6S. The fourth-order valence-electron chi connectivity index (χ4n) is 1.56. The first kappa shape index (κ1) is 23.1. The second-order valence-electron chi connectivity index (χ2n) is 4.33. The predicted octanol–water partition coefficient (Wildman–Crippen LogP) is -1.28. The van der Waals surface area contributed by atoms with Gasteiger partial charge in [0.1, 0.15) is 0 Å². The van der Waals surface area contributed by atoms with Crippen LogP contribution in [0, 0.1) is 5.92 Å². The summed E-state index contributed by atoms with van der Waals surface area (Å²) in [6.07, 6.45) is 4.71. The van der Waals surface area contributed by atoms with Crippen LogP contribution in [0.4, 0.5) is 0 Å². The Morgan fingerprint density at radius 2 is 1.65 bits per heavy atom. The molecule has 0 aromatic rings. The molecule has 116 valence electrons. The van der Waals surface area contributed by atoms with E-state index in [2.05, 4.69) is 18.0 Å². The van der Waals surface area contributed by atoms with Gasteiger partial charge in [0.05, 0.1) is 26.4 Å². The van der Waals surface area contributed by atoms with Crippen molar-refractivity contribution in [3.05, 3.63) is 0 Å². The summed E-state index contributed by atoms with van der Waals surface area (Å²) < 4.78 is 44.9. The Morgan fingerprint density at radius 3 is 2.20 bits per heavy atom. The quantitative estimate of drug-likeness (QED) is 0.182. The van der Waals surface area contributed by atoms with Crippen molar-refractivity contribution < 1.29 is 56.2 Å². The fraction of sp³-hybridized carbons (Fsp3) is 1.00. The maximum absolute atomic E-state index is 10.1. The number of ether oxygens (including phenoxy) is 2. The van der Waals surface area contributed by atoms with Gasteiger partial charge in [0.2, 0.25) is 10.4 Å². The minimum Gasteiger partial charge on any atom is -0.726 e. The van der Waals surface area contributed by atoms with Gasteiger partial charge in [-0.15, -0.1) is 0 Å². The van der Waals surface area contributed by atoms with Crippen LogP contribution in [-0.4, -0.2) is 46.0 Å². The number of unbranched alkanes of at least 4 members (excludes halogenated alkanes) is 1. The average molecular weight is 320 g/mol. The third-order valence-corrected chi connectivity index (χ3v) is 3.18. The van der Waals surface area contributed by atoms with Crippen molar-refractivity contribution in [3.8, 4) is 0 Å². The van der Waals surface area contributed by atoms with E-state index in [0.29, 0.717) is 19.1 Å². The molecule has 0 fully saturated rings. The van der Waals surface area contributed by atoms with Gasteiger partial charge in [-0.2, -0.15) is 0 Å². The molecule has 0 heterocycles. The Kier molecular flexibility index (Phi) is 17.0. The molecular weight excluding hydrogens is 295 g/mol. The maximum atomic E-state index is 10.1. The van der Waals surface area contributed by atoms with Crippen molar-refractivity contribution in [1.29, 1.82) is 0 Å². The first-order chi connectivity index (χ1) is 8.99. The van der Waals surface area contributed by atoms with E-state index in [1.165, 1.54) is 19.3 Å². The molecule has 0 radical (unpaired) electrons. The van der Waals surface area contributed by atoms with Gasteiger partial charge in [0, 0.05) is 6.61 Å². The third kappa shape index (κ3) is 16.8. The molecule has 1 atom stereocenters. The van der Waals surface area contributed by atoms with Crippen LogP contribution in [0.25, 0.3) is 0 Å². The van der Waals surface area contributed by atoms with Gasteiger partial charge in [0.25, 0.3) is 0 Å². The van der Waals surface area contributed by atoms with E-state index in [1.54, 1.807) is 0 Å². The molecule has 0 bridgehead atoms. The maximum Gasteiger partial charge on any atom is 1.00 e. The molecule has 0 N–H and O–H groups in total. The van der Waals surface area contributed by atoms with Crippen LogP contribution < -0.4 is 29.6 Å². The van der Waals surface area contributed by atoms with Crippen molar-refractivity contribution in [1.82, 2.24) is 0 Å². The van der Waals surface area contributed by atoms with Crippen LogP contribution >= 0.6 is 0 Å². The van der Waals surface area contributed by atoms with Crippen LogP contribution in [0.2, 0.25) is 0 Å². The Morgan fingerprint density at radius 1 is 1.05 bits per heavy atom. The topological polar surface area (TPSA) is 84.9 Å². The van der Waals surface area contributed by atoms with E-state index >= 15 is 0 Å². The van der Waals surface area contributed by atoms with Crippen molar-refractivity contribution in [2.75, 3.05) is 33.0 Å². The second kappa shape index (κ2) is 14.7. The summed E-state index contributed by atoms with van der Waals surface area (Å²) in [6, 6.07) is 0. The van der Waals surface area contributed by atoms with Crippen molar-refractivity contribution in [2.45, 2.75) is 39.5 Å². The Labute approximate surface area is 144 Å². The molecule has 8 heteroatoms. The second-order valence-corrected chi connectivity index (χ2v) is 5.39. The molecule has 0 rings (SSSR count). The molecule has 0 aromatic carbocycles. The van der Waals surface area contributed by atoms with E-state index in [4.69, 9.17) is 9.47 Å². The molecule has 0 saturated heterocycles. The molecule has 1 unspecified atom stereocenters. The summed E-state index contributed by atoms with van der Waals surface area (Å²) in [5, 5.41) is 0. The summed E-state index contributed by atoms with van der Waals surface area (Å²) >= 11 is 0. The van der Waals surface area contributed by atoms with Crippen LogP contribution in [-0.2, 0) is 24.1 Å². The zero-order valence-corrected chi connectivity index (χ0v) is 15.6. The Hall–Kier alpha value is 0.790. The largest absolute Gasteiger partial charge is 1.00 e. The monoisotopic (exact) mass is 320 g/mol. The number of hydrogen-bond donors (Lipinski definition) is 0. The van der Waals surface area contributed by atoms with Crippen molar-refractivity contribution in [2.24, 2.45) is 5.92 Å². The molecule has 0 aliphatic heterocycles. The van der Waals surface area contributed by atoms with Gasteiger partial charge in [-0.25, -0.2) is 8.42 Å². The number of rotatable bonds is 13. The summed E-state index contributed by atoms with van der Waals surface area (Å²) in [7, 11) is -4.61. The zero-order valence-electron chi connectivity index (χ0n) is 12.8. The molecule has 0 amide bonds. The molecule has 0 aliphatic carbocycles. The summed E-state index contributed by atoms with van der Waals surface area (Å²) in [6.45, 7) is 5.70. The molecule has 0 saturated carbocycles. The summed E-state index contributed by atoms with van der Waals surface area (Å²) in [5.74, 6) is 0.592. The van der Waals surface area contributed by atoms with Gasteiger partial charge in [-0.3, -0.25) is 4.18 Å². The standard InChI is InChI=1S/C12H26O6S.Na/c1-3-5-6-12(4-2)11-17-8-7-16-9-10-18-19(13,14)15;/h12H,3-11H2,1-2H3,(H,13,14,15);/q;+1/p-1. The van der Waals surface area contributed by atoms with E-state index < -0.39 is 10.4 Å². The van der Waals surface area contributed by atoms with Crippen LogP contribution in [0.1, 0.15) is 39.5 Å². The molecule has 20 heavy (non-hydrogen) atoms. The van der Waals surface area contributed by atoms with Crippen LogP contribution in [0.15, 0.2) is 0 Å². The minimum absolute atomic E-state index is 0. The molecule has 0 spiro atoms. The molecule has 0 aliphatic rings. The third-order valence-electron chi connectivity index (χ3n) is 2.72. The van der Waals surface area contributed by atoms with E-state index in [0.717, 1.165) is 13.0 Å². The van der Waals surface area contributed by atoms with Crippen molar-refractivity contribution in [3.63, 3.8) is 0 Å². The predicted molar refractivity (Wildman–Crippen MR) is 70.6 cm³/mol. The first-order valence-electron chi connectivity index (χ1n) is 6.75.